The van der Waals surface area contributed by atoms with Crippen LogP contribution in [0.3, 0.4) is 0 Å². The molecule has 2 aromatic heterocycles. The van der Waals surface area contributed by atoms with Crippen LogP contribution in [0.5, 0.6) is 0 Å². The molecule has 4 nitrogen and oxygen atoms in total. The summed E-state index contributed by atoms with van der Waals surface area (Å²) in [5, 5.41) is 5.80. The molecule has 0 bridgehead atoms. The van der Waals surface area contributed by atoms with Crippen LogP contribution in [-0.2, 0) is 0 Å². The first kappa shape index (κ1) is 18.6. The molecule has 134 valence electrons. The zero-order valence-electron chi connectivity index (χ0n) is 14.4. The van der Waals surface area contributed by atoms with Crippen LogP contribution in [0.4, 0.5) is 0 Å². The molecule has 0 atom stereocenters. The number of carbonyl (C=O) groups excluding carboxylic acids is 1. The number of nitrogens with zero attached hydrogens (tertiary/aromatic N) is 2. The molecule has 3 heterocycles. The number of thiophene rings is 1. The Bertz CT molecular complexity index is 756. The minimum atomic E-state index is -0.0760. The summed E-state index contributed by atoms with van der Waals surface area (Å²) in [5.74, 6) is -0.0760. The first-order valence-electron chi connectivity index (χ1n) is 8.39. The van der Waals surface area contributed by atoms with Gasteiger partial charge in [-0.3, -0.25) is 9.69 Å². The van der Waals surface area contributed by atoms with Gasteiger partial charge < -0.3 is 5.32 Å². The van der Waals surface area contributed by atoms with Crippen molar-refractivity contribution in [1.82, 2.24) is 15.2 Å². The summed E-state index contributed by atoms with van der Waals surface area (Å²) in [4.78, 5) is 20.3. The van der Waals surface area contributed by atoms with E-state index in [4.69, 9.17) is 11.6 Å². The second kappa shape index (κ2) is 8.45. The van der Waals surface area contributed by atoms with Crippen LogP contribution in [-0.4, -0.2) is 41.5 Å². The van der Waals surface area contributed by atoms with Crippen LogP contribution < -0.4 is 5.32 Å². The number of amides is 1. The number of piperidine rings is 1. The van der Waals surface area contributed by atoms with Gasteiger partial charge in [0, 0.05) is 31.1 Å². The van der Waals surface area contributed by atoms with Crippen molar-refractivity contribution in [3.8, 4) is 9.88 Å². The Morgan fingerprint density at radius 2 is 2.16 bits per heavy atom. The van der Waals surface area contributed by atoms with Gasteiger partial charge in [0.1, 0.15) is 10.7 Å². The van der Waals surface area contributed by atoms with Crippen LogP contribution in [0.2, 0.25) is 4.34 Å². The number of thiazole rings is 1. The summed E-state index contributed by atoms with van der Waals surface area (Å²) in [6.45, 7) is 7.29. The molecule has 0 unspecified atom stereocenters. The van der Waals surface area contributed by atoms with E-state index in [1.807, 2.05) is 17.5 Å². The van der Waals surface area contributed by atoms with Crippen LogP contribution in [0.15, 0.2) is 29.2 Å². The predicted molar refractivity (Wildman–Crippen MR) is 107 cm³/mol. The van der Waals surface area contributed by atoms with Crippen molar-refractivity contribution in [2.24, 2.45) is 0 Å². The first-order chi connectivity index (χ1) is 12.0. The molecule has 25 heavy (non-hydrogen) atoms. The Kier molecular flexibility index (Phi) is 6.28. The van der Waals surface area contributed by atoms with Gasteiger partial charge in [0.05, 0.1) is 9.21 Å². The standard InChI is InChI=1S/C18H22ClN3OS2/c1-12(2)5-8-22-9-6-13(7-10-22)20-17(23)14-11-24-18(21-14)15-3-4-16(19)25-15/h3-5,11,13H,6-10H2,1-2H3,(H,20,23). The fraction of sp³-hybridized carbons (Fsp3) is 0.444. The van der Waals surface area contributed by atoms with Gasteiger partial charge >= 0.3 is 0 Å². The van der Waals surface area contributed by atoms with E-state index in [2.05, 4.69) is 35.1 Å². The molecule has 7 heteroatoms. The third kappa shape index (κ3) is 5.14. The van der Waals surface area contributed by atoms with Crippen LogP contribution >= 0.6 is 34.3 Å². The maximum atomic E-state index is 12.4. The van der Waals surface area contributed by atoms with Gasteiger partial charge in [-0.15, -0.1) is 22.7 Å². The molecule has 1 N–H and O–H groups in total. The normalized spacial score (nSPS) is 16.0. The molecule has 1 aliphatic heterocycles. The van der Waals surface area contributed by atoms with E-state index in [0.717, 1.165) is 46.7 Å². The summed E-state index contributed by atoms with van der Waals surface area (Å²) in [6, 6.07) is 4.03. The maximum Gasteiger partial charge on any atom is 0.270 e. The highest BCUT2D eigenvalue weighted by molar-refractivity contribution is 7.23. The van der Waals surface area contributed by atoms with E-state index >= 15 is 0 Å². The number of rotatable bonds is 5. The molecule has 1 fully saturated rings. The van der Waals surface area contributed by atoms with Crippen molar-refractivity contribution >= 4 is 40.2 Å². The number of allylic oxidation sites excluding steroid dienone is 1. The van der Waals surface area contributed by atoms with Crippen LogP contribution in [0, 0.1) is 0 Å². The van der Waals surface area contributed by atoms with E-state index in [1.54, 1.807) is 0 Å². The molecule has 1 amide bonds. The van der Waals surface area contributed by atoms with E-state index < -0.39 is 0 Å². The largest absolute Gasteiger partial charge is 0.348 e. The monoisotopic (exact) mass is 395 g/mol. The van der Waals surface area contributed by atoms with Gasteiger partial charge in [-0.1, -0.05) is 23.3 Å². The number of halogens is 1. The molecule has 1 saturated heterocycles. The minimum Gasteiger partial charge on any atom is -0.348 e. The zero-order valence-corrected chi connectivity index (χ0v) is 16.8. The third-order valence-corrected chi connectivity index (χ3v) is 6.44. The first-order valence-corrected chi connectivity index (χ1v) is 10.5. The Morgan fingerprint density at radius 1 is 1.40 bits per heavy atom. The molecule has 3 rings (SSSR count). The van der Waals surface area contributed by atoms with Crippen molar-refractivity contribution in [3.63, 3.8) is 0 Å². The minimum absolute atomic E-state index is 0.0760. The third-order valence-electron chi connectivity index (χ3n) is 4.20. The fourth-order valence-electron chi connectivity index (χ4n) is 2.75. The lowest BCUT2D eigenvalue weighted by atomic mass is 10.0. The number of aromatic nitrogens is 1. The van der Waals surface area contributed by atoms with Crippen LogP contribution in [0.1, 0.15) is 37.2 Å². The van der Waals surface area contributed by atoms with Crippen molar-refractivity contribution in [3.05, 3.63) is 39.2 Å². The highest BCUT2D eigenvalue weighted by atomic mass is 35.5. The quantitative estimate of drug-likeness (QED) is 0.747. The van der Waals surface area contributed by atoms with Gasteiger partial charge in [-0.05, 0) is 38.8 Å². The zero-order chi connectivity index (χ0) is 17.8. The number of hydrogen-bond acceptors (Lipinski definition) is 5. The van der Waals surface area contributed by atoms with Crippen molar-refractivity contribution in [1.29, 1.82) is 0 Å². The van der Waals surface area contributed by atoms with Crippen molar-refractivity contribution in [2.75, 3.05) is 19.6 Å². The molecule has 1 aliphatic rings. The molecule has 2 aromatic rings. The molecular formula is C18H22ClN3OS2. The molecule has 0 saturated carbocycles. The van der Waals surface area contributed by atoms with E-state index in [-0.39, 0.29) is 11.9 Å². The second-order valence-corrected chi connectivity index (χ2v) is 9.04. The lowest BCUT2D eigenvalue weighted by Crippen LogP contribution is -2.44. The lowest BCUT2D eigenvalue weighted by molar-refractivity contribution is 0.0910. The smallest absolute Gasteiger partial charge is 0.270 e. The second-order valence-electron chi connectivity index (χ2n) is 6.47. The Labute approximate surface area is 161 Å². The molecular weight excluding hydrogens is 374 g/mol. The maximum absolute atomic E-state index is 12.4. The van der Waals surface area contributed by atoms with Gasteiger partial charge in [0.2, 0.25) is 0 Å². The van der Waals surface area contributed by atoms with Gasteiger partial charge in [0.15, 0.2) is 0 Å². The molecule has 0 aliphatic carbocycles. The van der Waals surface area contributed by atoms with Crippen molar-refractivity contribution in [2.45, 2.75) is 32.7 Å². The number of hydrogen-bond donors (Lipinski definition) is 1. The number of likely N-dealkylation sites (tertiary alicyclic amines) is 1. The highest BCUT2D eigenvalue weighted by Gasteiger charge is 2.22. The summed E-state index contributed by atoms with van der Waals surface area (Å²) in [6.07, 6.45) is 4.23. The van der Waals surface area contributed by atoms with Gasteiger partial charge in [-0.25, -0.2) is 4.98 Å². The van der Waals surface area contributed by atoms with Crippen LogP contribution in [0.25, 0.3) is 9.88 Å². The molecule has 0 aromatic carbocycles. The number of nitrogens with one attached hydrogen (secondary N) is 1. The Hall–Kier alpha value is -1.21. The molecule has 0 radical (unpaired) electrons. The Balaban J connectivity index is 1.52. The lowest BCUT2D eigenvalue weighted by Gasteiger charge is -2.31. The molecule has 0 spiro atoms. The summed E-state index contributed by atoms with van der Waals surface area (Å²) in [5.41, 5.74) is 1.85. The highest BCUT2D eigenvalue weighted by Crippen LogP contribution is 2.32. The Morgan fingerprint density at radius 3 is 2.80 bits per heavy atom. The predicted octanol–water partition coefficient (Wildman–Crippen LogP) is 4.69. The van der Waals surface area contributed by atoms with E-state index in [9.17, 15) is 4.79 Å². The SMILES string of the molecule is CC(C)=CCN1CCC(NC(=O)c2csc(-c3ccc(Cl)s3)n2)CC1. The topological polar surface area (TPSA) is 45.2 Å². The summed E-state index contributed by atoms with van der Waals surface area (Å²) >= 11 is 8.93. The fourth-order valence-corrected chi connectivity index (χ4v) is 4.67. The summed E-state index contributed by atoms with van der Waals surface area (Å²) in [7, 11) is 0. The average Bonchev–Trinajstić information content (AvgIpc) is 3.23. The summed E-state index contributed by atoms with van der Waals surface area (Å²) < 4.78 is 0.732. The number of carbonyl (C=O) groups is 1. The average molecular weight is 396 g/mol. The van der Waals surface area contributed by atoms with E-state index in [0.29, 0.717) is 5.69 Å². The van der Waals surface area contributed by atoms with Gasteiger partial charge in [-0.2, -0.15) is 0 Å². The van der Waals surface area contributed by atoms with E-state index in [1.165, 1.54) is 28.2 Å². The van der Waals surface area contributed by atoms with Crippen molar-refractivity contribution < 1.29 is 4.79 Å². The van der Waals surface area contributed by atoms with Gasteiger partial charge in [0.25, 0.3) is 5.91 Å².